The molecule has 2 aromatic carbocycles. The van der Waals surface area contributed by atoms with Crippen molar-refractivity contribution in [3.05, 3.63) is 63.0 Å². The highest BCUT2D eigenvalue weighted by atomic mass is 35.5. The molecule has 0 fully saturated rings. The number of esters is 1. The molecule has 1 aromatic heterocycles. The number of ether oxygens (including phenoxy) is 2. The van der Waals surface area contributed by atoms with E-state index in [9.17, 15) is 4.79 Å². The Morgan fingerprint density at radius 3 is 2.44 bits per heavy atom. The van der Waals surface area contributed by atoms with Gasteiger partial charge in [0.1, 0.15) is 18.1 Å². The van der Waals surface area contributed by atoms with Gasteiger partial charge >= 0.3 is 5.97 Å². The van der Waals surface area contributed by atoms with Crippen LogP contribution in [0.1, 0.15) is 15.2 Å². The molecular weight excluding hydrogens is 383 g/mol. The summed E-state index contributed by atoms with van der Waals surface area (Å²) in [7, 11) is 1.59. The van der Waals surface area contributed by atoms with Crippen LogP contribution in [0.2, 0.25) is 10.0 Å². The lowest BCUT2D eigenvalue weighted by molar-refractivity contribution is 0.0479. The molecule has 5 nitrogen and oxygen atoms in total. The Labute approximate surface area is 158 Å². The van der Waals surface area contributed by atoms with Crippen LogP contribution in [-0.4, -0.2) is 22.7 Å². The second-order valence-electron chi connectivity index (χ2n) is 4.96. The predicted octanol–water partition coefficient (Wildman–Crippen LogP) is 4.88. The third kappa shape index (κ3) is 3.92. The van der Waals surface area contributed by atoms with Gasteiger partial charge in [-0.3, -0.25) is 0 Å². The Hall–Kier alpha value is -2.15. The molecule has 0 amide bonds. The van der Waals surface area contributed by atoms with Crippen molar-refractivity contribution in [1.82, 2.24) is 9.59 Å². The molecule has 3 rings (SSSR count). The lowest BCUT2D eigenvalue weighted by Crippen LogP contribution is -2.05. The van der Waals surface area contributed by atoms with E-state index in [-0.39, 0.29) is 6.61 Å². The summed E-state index contributed by atoms with van der Waals surface area (Å²) in [5.74, 6) is 0.182. The van der Waals surface area contributed by atoms with Crippen LogP contribution in [0.4, 0.5) is 0 Å². The normalized spacial score (nSPS) is 10.5. The molecular formula is C17H12Cl2N2O3S. The van der Waals surface area contributed by atoms with Crippen LogP contribution in [0.5, 0.6) is 5.75 Å². The van der Waals surface area contributed by atoms with E-state index in [0.29, 0.717) is 31.9 Å². The van der Waals surface area contributed by atoms with Gasteiger partial charge in [0.25, 0.3) is 0 Å². The first-order valence-electron chi connectivity index (χ1n) is 7.17. The van der Waals surface area contributed by atoms with E-state index in [0.717, 1.165) is 17.1 Å². The van der Waals surface area contributed by atoms with E-state index in [2.05, 4.69) is 9.59 Å². The predicted molar refractivity (Wildman–Crippen MR) is 97.5 cm³/mol. The summed E-state index contributed by atoms with van der Waals surface area (Å²) in [4.78, 5) is 12.7. The van der Waals surface area contributed by atoms with Gasteiger partial charge in [0.2, 0.25) is 0 Å². The smallest absolute Gasteiger partial charge is 0.352 e. The second kappa shape index (κ2) is 7.82. The Morgan fingerprint density at radius 2 is 1.80 bits per heavy atom. The zero-order chi connectivity index (χ0) is 17.8. The van der Waals surface area contributed by atoms with Crippen molar-refractivity contribution in [3.63, 3.8) is 0 Å². The maximum absolute atomic E-state index is 12.4. The maximum atomic E-state index is 12.4. The van der Waals surface area contributed by atoms with Gasteiger partial charge in [-0.15, -0.1) is 5.10 Å². The number of benzene rings is 2. The highest BCUT2D eigenvalue weighted by molar-refractivity contribution is 7.08. The van der Waals surface area contributed by atoms with Crippen LogP contribution in [-0.2, 0) is 11.3 Å². The number of rotatable bonds is 5. The van der Waals surface area contributed by atoms with Gasteiger partial charge in [-0.2, -0.15) is 0 Å². The Morgan fingerprint density at radius 1 is 1.12 bits per heavy atom. The summed E-state index contributed by atoms with van der Waals surface area (Å²) in [6, 6.07) is 12.3. The molecule has 0 saturated carbocycles. The van der Waals surface area contributed by atoms with E-state index in [1.165, 1.54) is 0 Å². The van der Waals surface area contributed by atoms with Gasteiger partial charge in [-0.25, -0.2) is 4.79 Å². The zero-order valence-corrected chi connectivity index (χ0v) is 15.4. The number of carbonyl (C=O) groups excluding carboxylic acids is 1. The lowest BCUT2D eigenvalue weighted by atomic mass is 10.1. The standard InChI is InChI=1S/C17H12Cl2N2O3S/c1-23-11-7-5-10(6-8-11)15-16(25-21-20-15)17(22)24-9-12-13(18)3-2-4-14(12)19/h2-8H,9H2,1H3. The van der Waals surface area contributed by atoms with E-state index in [1.807, 2.05) is 0 Å². The number of aromatic nitrogens is 2. The largest absolute Gasteiger partial charge is 0.497 e. The first-order chi connectivity index (χ1) is 12.1. The number of hydrogen-bond donors (Lipinski definition) is 0. The fourth-order valence-electron chi connectivity index (χ4n) is 2.14. The number of hydrogen-bond acceptors (Lipinski definition) is 6. The van der Waals surface area contributed by atoms with Crippen LogP contribution in [0.3, 0.4) is 0 Å². The fourth-order valence-corrected chi connectivity index (χ4v) is 3.23. The monoisotopic (exact) mass is 394 g/mol. The molecule has 0 N–H and O–H groups in total. The number of carbonyl (C=O) groups is 1. The van der Waals surface area contributed by atoms with E-state index < -0.39 is 5.97 Å². The molecule has 8 heteroatoms. The lowest BCUT2D eigenvalue weighted by Gasteiger charge is -2.08. The first-order valence-corrected chi connectivity index (χ1v) is 8.70. The third-order valence-corrected chi connectivity index (χ3v) is 4.86. The molecule has 0 spiro atoms. The van der Waals surface area contributed by atoms with Gasteiger partial charge < -0.3 is 9.47 Å². The van der Waals surface area contributed by atoms with Crippen LogP contribution in [0.15, 0.2) is 42.5 Å². The van der Waals surface area contributed by atoms with Gasteiger partial charge in [-0.05, 0) is 47.9 Å². The van der Waals surface area contributed by atoms with Gasteiger partial charge in [0.15, 0.2) is 4.88 Å². The number of halogens is 2. The molecule has 0 aliphatic heterocycles. The third-order valence-electron chi connectivity index (χ3n) is 3.45. The Balaban J connectivity index is 1.78. The van der Waals surface area contributed by atoms with E-state index in [4.69, 9.17) is 32.7 Å². The maximum Gasteiger partial charge on any atom is 0.352 e. The number of methoxy groups -OCH3 is 1. The minimum absolute atomic E-state index is 0.0305. The highest BCUT2D eigenvalue weighted by Gasteiger charge is 2.20. The summed E-state index contributed by atoms with van der Waals surface area (Å²) < 4.78 is 14.3. The van der Waals surface area contributed by atoms with Crippen LogP contribution in [0, 0.1) is 0 Å². The molecule has 0 saturated heterocycles. The average Bonchev–Trinajstić information content (AvgIpc) is 3.11. The Kier molecular flexibility index (Phi) is 5.53. The summed E-state index contributed by atoms with van der Waals surface area (Å²) in [5.41, 5.74) is 1.77. The van der Waals surface area contributed by atoms with Crippen molar-refractivity contribution in [1.29, 1.82) is 0 Å². The zero-order valence-electron chi connectivity index (χ0n) is 13.0. The van der Waals surface area contributed by atoms with Crippen LogP contribution < -0.4 is 4.74 Å². The fraction of sp³-hybridized carbons (Fsp3) is 0.118. The van der Waals surface area contributed by atoms with E-state index >= 15 is 0 Å². The average molecular weight is 395 g/mol. The van der Waals surface area contributed by atoms with Crippen molar-refractivity contribution in [3.8, 4) is 17.0 Å². The van der Waals surface area contributed by atoms with Crippen molar-refractivity contribution in [2.45, 2.75) is 6.61 Å². The van der Waals surface area contributed by atoms with Crippen molar-refractivity contribution < 1.29 is 14.3 Å². The first kappa shape index (κ1) is 17.7. The second-order valence-corrected chi connectivity index (χ2v) is 6.52. The van der Waals surface area contributed by atoms with Crippen LogP contribution >= 0.6 is 34.7 Å². The molecule has 0 radical (unpaired) electrons. The molecule has 0 bridgehead atoms. The molecule has 0 aliphatic rings. The Bertz CT molecular complexity index is 877. The van der Waals surface area contributed by atoms with Gasteiger partial charge in [0.05, 0.1) is 7.11 Å². The van der Waals surface area contributed by atoms with Gasteiger partial charge in [-0.1, -0.05) is 33.8 Å². The topological polar surface area (TPSA) is 61.3 Å². The van der Waals surface area contributed by atoms with Crippen molar-refractivity contribution in [2.75, 3.05) is 7.11 Å². The van der Waals surface area contributed by atoms with Gasteiger partial charge in [0, 0.05) is 21.2 Å². The minimum atomic E-state index is -0.531. The minimum Gasteiger partial charge on any atom is -0.497 e. The summed E-state index contributed by atoms with van der Waals surface area (Å²) >= 11 is 13.1. The van der Waals surface area contributed by atoms with E-state index in [1.54, 1.807) is 49.6 Å². The molecule has 0 atom stereocenters. The van der Waals surface area contributed by atoms with Crippen molar-refractivity contribution in [2.24, 2.45) is 0 Å². The molecule has 25 heavy (non-hydrogen) atoms. The summed E-state index contributed by atoms with van der Waals surface area (Å²) in [6.07, 6.45) is 0. The molecule has 0 unspecified atom stereocenters. The summed E-state index contributed by atoms with van der Waals surface area (Å²) in [6.45, 7) is -0.0305. The highest BCUT2D eigenvalue weighted by Crippen LogP contribution is 2.28. The molecule has 1 heterocycles. The SMILES string of the molecule is COc1ccc(-c2nnsc2C(=O)OCc2c(Cl)cccc2Cl)cc1. The molecule has 128 valence electrons. The quantitative estimate of drug-likeness (QED) is 0.577. The van der Waals surface area contributed by atoms with Crippen molar-refractivity contribution >= 4 is 40.7 Å². The van der Waals surface area contributed by atoms with Crippen LogP contribution in [0.25, 0.3) is 11.3 Å². The molecule has 3 aromatic rings. The molecule has 0 aliphatic carbocycles. The summed E-state index contributed by atoms with van der Waals surface area (Å²) in [5, 5.41) is 4.91. The number of nitrogens with zero attached hydrogens (tertiary/aromatic N) is 2.